The van der Waals surface area contributed by atoms with Crippen molar-refractivity contribution >= 4 is 11.6 Å². The molecule has 1 heterocycles. The number of likely N-dealkylation sites (tertiary alicyclic amines) is 1. The predicted octanol–water partition coefficient (Wildman–Crippen LogP) is 1.57. The Morgan fingerprint density at radius 3 is 3.00 bits per heavy atom. The highest BCUT2D eigenvalue weighted by Crippen LogP contribution is 2.26. The lowest BCUT2D eigenvalue weighted by atomic mass is 10.2. The zero-order valence-corrected chi connectivity index (χ0v) is 12.7. The number of ether oxygens (including phenoxy) is 1. The summed E-state index contributed by atoms with van der Waals surface area (Å²) in [5, 5.41) is 14.0. The molecule has 120 valence electrons. The Labute approximate surface area is 129 Å². The lowest BCUT2D eigenvalue weighted by Crippen LogP contribution is -2.41. The van der Waals surface area contributed by atoms with Crippen molar-refractivity contribution in [2.75, 3.05) is 26.7 Å². The van der Waals surface area contributed by atoms with E-state index in [0.29, 0.717) is 0 Å². The number of likely N-dealkylation sites (N-methyl/N-ethyl adjacent to an activating group) is 1. The van der Waals surface area contributed by atoms with Crippen LogP contribution in [0.5, 0.6) is 5.75 Å². The minimum atomic E-state index is -0.486. The van der Waals surface area contributed by atoms with E-state index in [1.54, 1.807) is 18.2 Å². The quantitative estimate of drug-likeness (QED) is 0.610. The summed E-state index contributed by atoms with van der Waals surface area (Å²) in [6.07, 6.45) is 2.26. The first kappa shape index (κ1) is 16.2. The first-order valence-electron chi connectivity index (χ1n) is 7.43. The average Bonchev–Trinajstić information content (AvgIpc) is 2.96. The van der Waals surface area contributed by atoms with Crippen molar-refractivity contribution in [1.82, 2.24) is 10.2 Å². The van der Waals surface area contributed by atoms with E-state index >= 15 is 0 Å². The second-order valence-electron chi connectivity index (χ2n) is 5.26. The standard InChI is InChI=1S/C15H21N3O4/c1-16-11-12-5-4-9-17(12)15(19)8-10-22-14-7-3-2-6-13(14)18(20)21/h2-3,6-7,12,16H,4-5,8-11H2,1H3. The largest absolute Gasteiger partial charge is 0.486 e. The summed E-state index contributed by atoms with van der Waals surface area (Å²) in [4.78, 5) is 24.5. The number of hydrogen-bond donors (Lipinski definition) is 1. The lowest BCUT2D eigenvalue weighted by molar-refractivity contribution is -0.385. The molecule has 22 heavy (non-hydrogen) atoms. The molecule has 7 nitrogen and oxygen atoms in total. The van der Waals surface area contributed by atoms with Crippen LogP contribution in [-0.2, 0) is 4.79 Å². The third-order valence-electron chi connectivity index (χ3n) is 3.77. The van der Waals surface area contributed by atoms with Gasteiger partial charge in [-0.05, 0) is 26.0 Å². The number of nitrogens with one attached hydrogen (secondary N) is 1. The molecular formula is C15H21N3O4. The minimum Gasteiger partial charge on any atom is -0.486 e. The molecule has 1 aliphatic rings. The van der Waals surface area contributed by atoms with E-state index in [4.69, 9.17) is 4.74 Å². The van der Waals surface area contributed by atoms with Crippen molar-refractivity contribution in [3.8, 4) is 5.75 Å². The van der Waals surface area contributed by atoms with Gasteiger partial charge < -0.3 is 15.0 Å². The van der Waals surface area contributed by atoms with Crippen LogP contribution in [0.1, 0.15) is 19.3 Å². The Hall–Kier alpha value is -2.15. The second kappa shape index (κ2) is 7.74. The Morgan fingerprint density at radius 2 is 2.27 bits per heavy atom. The molecule has 1 N–H and O–H groups in total. The minimum absolute atomic E-state index is 0.0383. The average molecular weight is 307 g/mol. The van der Waals surface area contributed by atoms with Crippen LogP contribution < -0.4 is 10.1 Å². The van der Waals surface area contributed by atoms with Gasteiger partial charge in [0.25, 0.3) is 0 Å². The molecule has 1 amide bonds. The van der Waals surface area contributed by atoms with E-state index in [1.807, 2.05) is 11.9 Å². The van der Waals surface area contributed by atoms with E-state index in [9.17, 15) is 14.9 Å². The number of nitro groups is 1. The van der Waals surface area contributed by atoms with Crippen molar-refractivity contribution in [3.63, 3.8) is 0 Å². The van der Waals surface area contributed by atoms with E-state index < -0.39 is 4.92 Å². The summed E-state index contributed by atoms with van der Waals surface area (Å²) in [5.74, 6) is 0.241. The van der Waals surface area contributed by atoms with Crippen LogP contribution in [0, 0.1) is 10.1 Å². The van der Waals surface area contributed by atoms with Gasteiger partial charge in [0.15, 0.2) is 5.75 Å². The van der Waals surface area contributed by atoms with Gasteiger partial charge in [-0.2, -0.15) is 0 Å². The number of para-hydroxylation sites is 2. The summed E-state index contributed by atoms with van der Waals surface area (Å²) in [6, 6.07) is 6.43. The van der Waals surface area contributed by atoms with Gasteiger partial charge in [-0.15, -0.1) is 0 Å². The highest BCUT2D eigenvalue weighted by Gasteiger charge is 2.27. The maximum atomic E-state index is 12.2. The van der Waals surface area contributed by atoms with Crippen LogP contribution in [0.4, 0.5) is 5.69 Å². The fraction of sp³-hybridized carbons (Fsp3) is 0.533. The van der Waals surface area contributed by atoms with Crippen LogP contribution in [0.15, 0.2) is 24.3 Å². The SMILES string of the molecule is CNCC1CCCN1C(=O)CCOc1ccccc1[N+](=O)[O-]. The highest BCUT2D eigenvalue weighted by molar-refractivity contribution is 5.77. The Kier molecular flexibility index (Phi) is 5.71. The molecule has 0 bridgehead atoms. The number of amides is 1. The maximum absolute atomic E-state index is 12.2. The Bertz CT molecular complexity index is 535. The van der Waals surface area contributed by atoms with Crippen molar-refractivity contribution < 1.29 is 14.5 Å². The molecular weight excluding hydrogens is 286 g/mol. The molecule has 0 spiro atoms. The third-order valence-corrected chi connectivity index (χ3v) is 3.77. The summed E-state index contributed by atoms with van der Waals surface area (Å²) < 4.78 is 5.42. The lowest BCUT2D eigenvalue weighted by Gasteiger charge is -2.24. The number of nitrogens with zero attached hydrogens (tertiary/aromatic N) is 2. The summed E-state index contributed by atoms with van der Waals surface area (Å²) in [5.41, 5.74) is -0.0795. The monoisotopic (exact) mass is 307 g/mol. The molecule has 1 aromatic rings. The van der Waals surface area contributed by atoms with Crippen LogP contribution in [0.25, 0.3) is 0 Å². The number of hydrogen-bond acceptors (Lipinski definition) is 5. The van der Waals surface area contributed by atoms with Crippen LogP contribution in [-0.4, -0.2) is 48.5 Å². The second-order valence-corrected chi connectivity index (χ2v) is 5.26. The summed E-state index contributed by atoms with van der Waals surface area (Å²) in [6.45, 7) is 1.71. The molecule has 1 atom stereocenters. The number of carbonyl (C=O) groups is 1. The van der Waals surface area contributed by atoms with E-state index in [0.717, 1.165) is 25.9 Å². The molecule has 1 aliphatic heterocycles. The molecule has 0 radical (unpaired) electrons. The van der Waals surface area contributed by atoms with Crippen molar-refractivity contribution in [2.45, 2.75) is 25.3 Å². The normalized spacial score (nSPS) is 17.5. The van der Waals surface area contributed by atoms with E-state index in [1.165, 1.54) is 6.07 Å². The Balaban J connectivity index is 1.86. The van der Waals surface area contributed by atoms with Crippen LogP contribution in [0.3, 0.4) is 0 Å². The van der Waals surface area contributed by atoms with Crippen molar-refractivity contribution in [1.29, 1.82) is 0 Å². The van der Waals surface area contributed by atoms with Gasteiger partial charge >= 0.3 is 5.69 Å². The summed E-state index contributed by atoms with van der Waals surface area (Å²) >= 11 is 0. The van der Waals surface area contributed by atoms with E-state index in [2.05, 4.69) is 5.32 Å². The fourth-order valence-corrected chi connectivity index (χ4v) is 2.73. The molecule has 0 aromatic heterocycles. The first-order valence-corrected chi connectivity index (χ1v) is 7.43. The highest BCUT2D eigenvalue weighted by atomic mass is 16.6. The molecule has 1 saturated heterocycles. The topological polar surface area (TPSA) is 84.7 Å². The van der Waals surface area contributed by atoms with Crippen molar-refractivity contribution in [3.05, 3.63) is 34.4 Å². The molecule has 0 saturated carbocycles. The predicted molar refractivity (Wildman–Crippen MR) is 81.9 cm³/mol. The molecule has 0 aliphatic carbocycles. The van der Waals surface area contributed by atoms with Gasteiger partial charge in [0, 0.05) is 25.2 Å². The van der Waals surface area contributed by atoms with Gasteiger partial charge in [-0.25, -0.2) is 0 Å². The number of carbonyl (C=O) groups excluding carboxylic acids is 1. The number of nitro benzene ring substituents is 1. The van der Waals surface area contributed by atoms with Crippen LogP contribution in [0.2, 0.25) is 0 Å². The molecule has 7 heteroatoms. The fourth-order valence-electron chi connectivity index (χ4n) is 2.73. The van der Waals surface area contributed by atoms with Gasteiger partial charge in [-0.3, -0.25) is 14.9 Å². The third kappa shape index (κ3) is 3.94. The van der Waals surface area contributed by atoms with Crippen LogP contribution >= 0.6 is 0 Å². The maximum Gasteiger partial charge on any atom is 0.310 e. The number of rotatable bonds is 7. The van der Waals surface area contributed by atoms with Gasteiger partial charge in [0.05, 0.1) is 18.0 Å². The molecule has 1 fully saturated rings. The first-order chi connectivity index (χ1) is 10.6. The smallest absolute Gasteiger partial charge is 0.310 e. The summed E-state index contributed by atoms with van der Waals surface area (Å²) in [7, 11) is 1.87. The zero-order valence-electron chi connectivity index (χ0n) is 12.7. The molecule has 1 aromatic carbocycles. The van der Waals surface area contributed by atoms with E-state index in [-0.39, 0.29) is 36.4 Å². The molecule has 2 rings (SSSR count). The molecule has 1 unspecified atom stereocenters. The van der Waals surface area contributed by atoms with Gasteiger partial charge in [0.1, 0.15) is 0 Å². The van der Waals surface area contributed by atoms with Gasteiger partial charge in [0.2, 0.25) is 5.91 Å². The Morgan fingerprint density at radius 1 is 1.50 bits per heavy atom. The number of benzene rings is 1. The van der Waals surface area contributed by atoms with Gasteiger partial charge in [-0.1, -0.05) is 12.1 Å². The zero-order chi connectivity index (χ0) is 15.9. The van der Waals surface area contributed by atoms with Crippen molar-refractivity contribution in [2.24, 2.45) is 0 Å².